The summed E-state index contributed by atoms with van der Waals surface area (Å²) in [5, 5.41) is 18.9. The first kappa shape index (κ1) is 14.5. The Hall–Kier alpha value is -2.93. The summed E-state index contributed by atoms with van der Waals surface area (Å²) >= 11 is 0. The fourth-order valence-electron chi connectivity index (χ4n) is 1.69. The summed E-state index contributed by atoms with van der Waals surface area (Å²) in [6.45, 7) is 0. The second-order valence-corrected chi connectivity index (χ2v) is 4.08. The van der Waals surface area contributed by atoms with Crippen molar-refractivity contribution in [3.63, 3.8) is 0 Å². The van der Waals surface area contributed by atoms with Crippen LogP contribution in [-0.2, 0) is 4.99 Å². The third-order valence-corrected chi connectivity index (χ3v) is 2.70. The molecule has 7 nitrogen and oxygen atoms in total. The van der Waals surface area contributed by atoms with Gasteiger partial charge in [0.05, 0.1) is 0 Å². The Morgan fingerprint density at radius 2 is 1.71 bits per heavy atom. The molecule has 0 saturated carbocycles. The number of benzene rings is 2. The lowest BCUT2D eigenvalue weighted by molar-refractivity contribution is -0.832. The lowest BCUT2D eigenvalue weighted by Crippen LogP contribution is -2.12. The predicted octanol–water partition coefficient (Wildman–Crippen LogP) is 2.10. The monoisotopic (exact) mass is 289 g/mol. The average Bonchev–Trinajstić information content (AvgIpc) is 2.53. The van der Waals surface area contributed by atoms with E-state index in [1.165, 1.54) is 24.3 Å². The second kappa shape index (κ2) is 6.49. The van der Waals surface area contributed by atoms with Crippen molar-refractivity contribution >= 4 is 5.78 Å². The van der Waals surface area contributed by atoms with Crippen molar-refractivity contribution in [1.29, 1.82) is 0 Å². The van der Waals surface area contributed by atoms with Crippen LogP contribution in [0.2, 0.25) is 0 Å². The lowest BCUT2D eigenvalue weighted by Gasteiger charge is -2.10. The van der Waals surface area contributed by atoms with E-state index >= 15 is 0 Å². The number of carbonyl (C=O) groups is 1. The van der Waals surface area contributed by atoms with E-state index in [9.17, 15) is 20.0 Å². The number of aliphatic hydroxyl groups is 1. The number of ketones is 1. The maximum Gasteiger partial charge on any atom is 0.331 e. The Kier molecular flexibility index (Phi) is 4.47. The van der Waals surface area contributed by atoms with Gasteiger partial charge in [-0.1, -0.05) is 35.3 Å². The molecule has 0 aromatic heterocycles. The molecule has 108 valence electrons. The van der Waals surface area contributed by atoms with Gasteiger partial charge in [-0.3, -0.25) is 4.79 Å². The minimum atomic E-state index is -1.27. The summed E-state index contributed by atoms with van der Waals surface area (Å²) < 4.78 is 0. The van der Waals surface area contributed by atoms with E-state index < -0.39 is 17.0 Å². The van der Waals surface area contributed by atoms with E-state index in [1.807, 2.05) is 0 Å². The van der Waals surface area contributed by atoms with E-state index in [2.05, 4.69) is 9.88 Å². The maximum absolute atomic E-state index is 12.1. The third-order valence-electron chi connectivity index (χ3n) is 2.70. The summed E-state index contributed by atoms with van der Waals surface area (Å²) in [5.41, 5.74) is 0.735. The summed E-state index contributed by atoms with van der Waals surface area (Å²) in [4.78, 5) is 30.2. The van der Waals surface area contributed by atoms with Gasteiger partial charge in [-0.2, -0.15) is 0 Å². The number of hydrogen-bond donors (Lipinski definition) is 1. The van der Waals surface area contributed by atoms with Crippen molar-refractivity contribution in [1.82, 2.24) is 0 Å². The van der Waals surface area contributed by atoms with Crippen LogP contribution in [0.25, 0.3) is 0 Å². The molecule has 0 aliphatic rings. The van der Waals surface area contributed by atoms with Crippen molar-refractivity contribution < 1.29 is 24.9 Å². The molecular weight excluding hydrogens is 278 g/mol. The normalized spacial score (nSPS) is 11.5. The first-order valence-corrected chi connectivity index (χ1v) is 5.94. The third kappa shape index (κ3) is 3.77. The smallest absolute Gasteiger partial charge is 0.331 e. The minimum Gasteiger partial charge on any atom is -0.380 e. The number of aliphatic hydroxyl groups excluding tert-OH is 1. The van der Waals surface area contributed by atoms with Crippen LogP contribution in [0, 0.1) is 10.1 Å². The van der Waals surface area contributed by atoms with E-state index in [0.29, 0.717) is 5.56 Å². The molecule has 0 radical (unpaired) electrons. The molecule has 7 heteroatoms. The van der Waals surface area contributed by atoms with Crippen molar-refractivity contribution in [3.8, 4) is 5.75 Å². The van der Waals surface area contributed by atoms with Crippen LogP contribution in [-0.4, -0.2) is 16.0 Å². The molecule has 0 aliphatic carbocycles. The molecule has 2 aromatic carbocycles. The molecule has 0 amide bonds. The van der Waals surface area contributed by atoms with Crippen molar-refractivity contribution in [2.24, 2.45) is 0 Å². The summed E-state index contributed by atoms with van der Waals surface area (Å²) in [5.74, 6) is -0.416. The van der Waals surface area contributed by atoms with E-state index in [-0.39, 0.29) is 11.3 Å². The highest BCUT2D eigenvalue weighted by molar-refractivity contribution is 5.99. The highest BCUT2D eigenvalue weighted by atomic mass is 17.3. The molecule has 0 fully saturated rings. The van der Waals surface area contributed by atoms with Gasteiger partial charge in [-0.15, -0.1) is 10.1 Å². The van der Waals surface area contributed by atoms with Gasteiger partial charge in [0.1, 0.15) is 6.10 Å². The van der Waals surface area contributed by atoms with Gasteiger partial charge in [-0.05, 0) is 29.8 Å². The Morgan fingerprint density at radius 1 is 1.10 bits per heavy atom. The van der Waals surface area contributed by atoms with Crippen LogP contribution in [0.15, 0.2) is 54.6 Å². The molecule has 1 N–H and O–H groups in total. The first-order valence-electron chi connectivity index (χ1n) is 5.94. The van der Waals surface area contributed by atoms with Gasteiger partial charge >= 0.3 is 5.09 Å². The molecular formula is C14H11NO6. The molecule has 2 rings (SSSR count). The summed E-state index contributed by atoms with van der Waals surface area (Å²) in [7, 11) is 0. The van der Waals surface area contributed by atoms with Gasteiger partial charge < -0.3 is 9.99 Å². The molecule has 21 heavy (non-hydrogen) atoms. The average molecular weight is 289 g/mol. The fourth-order valence-corrected chi connectivity index (χ4v) is 1.69. The maximum atomic E-state index is 12.1. The van der Waals surface area contributed by atoms with E-state index in [1.54, 1.807) is 30.3 Å². The van der Waals surface area contributed by atoms with E-state index in [4.69, 9.17) is 0 Å². The molecule has 0 bridgehead atoms. The fraction of sp³-hybridized carbons (Fsp3) is 0.0714. The Bertz CT molecular complexity index is 626. The number of rotatable bonds is 6. The van der Waals surface area contributed by atoms with Gasteiger partial charge in [-0.25, -0.2) is 0 Å². The number of Topliss-reactive ketones (excluding diaryl/α,β-unsaturated/α-hetero) is 1. The zero-order chi connectivity index (χ0) is 15.2. The number of hydrogen-bond acceptors (Lipinski definition) is 6. The Labute approximate surface area is 119 Å². The molecule has 0 heterocycles. The van der Waals surface area contributed by atoms with Crippen LogP contribution in [0.3, 0.4) is 0 Å². The van der Waals surface area contributed by atoms with E-state index in [0.717, 1.165) is 0 Å². The van der Waals surface area contributed by atoms with Crippen LogP contribution >= 0.6 is 0 Å². The highest BCUT2D eigenvalue weighted by Crippen LogP contribution is 2.20. The van der Waals surface area contributed by atoms with Crippen LogP contribution < -0.4 is 4.89 Å². The zero-order valence-corrected chi connectivity index (χ0v) is 10.7. The van der Waals surface area contributed by atoms with Crippen LogP contribution in [0.5, 0.6) is 5.75 Å². The van der Waals surface area contributed by atoms with Crippen molar-refractivity contribution in [2.75, 3.05) is 0 Å². The Morgan fingerprint density at radius 3 is 2.29 bits per heavy atom. The highest BCUT2D eigenvalue weighted by Gasteiger charge is 2.18. The quantitative estimate of drug-likeness (QED) is 0.378. The number of nitrogens with zero attached hydrogens (tertiary/aromatic N) is 1. The van der Waals surface area contributed by atoms with Crippen LogP contribution in [0.1, 0.15) is 22.0 Å². The molecule has 0 spiro atoms. The van der Waals surface area contributed by atoms with Crippen LogP contribution in [0.4, 0.5) is 0 Å². The van der Waals surface area contributed by atoms with Gasteiger partial charge in [0.15, 0.2) is 11.5 Å². The summed E-state index contributed by atoms with van der Waals surface area (Å²) in [6, 6.07) is 13.9. The lowest BCUT2D eigenvalue weighted by atomic mass is 10.00. The second-order valence-electron chi connectivity index (χ2n) is 4.08. The standard InChI is InChI=1S/C14H11NO6/c16-13(10-4-2-1-3-5-10)14(17)11-6-8-12(9-7-11)20-21-15(18)19/h1-9,13,16H. The predicted molar refractivity (Wildman–Crippen MR) is 70.9 cm³/mol. The largest absolute Gasteiger partial charge is 0.380 e. The molecule has 0 saturated heterocycles. The van der Waals surface area contributed by atoms with Gasteiger partial charge in [0, 0.05) is 5.56 Å². The molecule has 0 aliphatic heterocycles. The topological polar surface area (TPSA) is 98.9 Å². The molecule has 1 unspecified atom stereocenters. The van der Waals surface area contributed by atoms with Gasteiger partial charge in [0.2, 0.25) is 0 Å². The minimum absolute atomic E-state index is 0.0671. The summed E-state index contributed by atoms with van der Waals surface area (Å²) in [6.07, 6.45) is -1.27. The number of carbonyl (C=O) groups excluding carboxylic acids is 1. The molecule has 2 aromatic rings. The van der Waals surface area contributed by atoms with Crippen molar-refractivity contribution in [3.05, 3.63) is 75.8 Å². The SMILES string of the molecule is O=C(c1ccc(OO[N+](=O)[O-])cc1)C(O)c1ccccc1. The first-order chi connectivity index (χ1) is 10.1. The zero-order valence-electron chi connectivity index (χ0n) is 10.7. The van der Waals surface area contributed by atoms with Crippen molar-refractivity contribution in [2.45, 2.75) is 6.10 Å². The Balaban J connectivity index is 2.08. The van der Waals surface area contributed by atoms with Gasteiger partial charge in [0.25, 0.3) is 0 Å². The molecule has 1 atom stereocenters.